The quantitative estimate of drug-likeness (QED) is 0.461. The van der Waals surface area contributed by atoms with Gasteiger partial charge in [0.05, 0.1) is 4.92 Å². The Kier molecular flexibility index (Phi) is 3.97. The summed E-state index contributed by atoms with van der Waals surface area (Å²) in [6, 6.07) is 12.8. The molecule has 0 saturated heterocycles. The molecule has 0 amide bonds. The zero-order valence-corrected chi connectivity index (χ0v) is 11.1. The molecule has 0 bridgehead atoms. The van der Waals surface area contributed by atoms with E-state index in [0.29, 0.717) is 0 Å². The molecule has 0 saturated carbocycles. The number of rotatable bonds is 3. The van der Waals surface area contributed by atoms with Gasteiger partial charge in [-0.15, -0.1) is 0 Å². The smallest absolute Gasteiger partial charge is 0.258 e. The maximum atomic E-state index is 10.8. The first-order valence-corrected chi connectivity index (χ1v) is 6.13. The molecule has 4 heteroatoms. The van der Waals surface area contributed by atoms with E-state index >= 15 is 0 Å². The van der Waals surface area contributed by atoms with E-state index in [1.54, 1.807) is 6.07 Å². The summed E-state index contributed by atoms with van der Waals surface area (Å²) in [5.41, 5.74) is 2.91. The Balaban J connectivity index is 2.26. The van der Waals surface area contributed by atoms with Crippen molar-refractivity contribution in [2.75, 3.05) is 0 Å². The molecule has 0 N–H and O–H groups in total. The highest BCUT2D eigenvalue weighted by atomic mass is 35.5. The summed E-state index contributed by atoms with van der Waals surface area (Å²) in [5.74, 6) is 0. The van der Waals surface area contributed by atoms with E-state index in [0.717, 1.165) is 11.1 Å². The van der Waals surface area contributed by atoms with Crippen LogP contribution in [-0.2, 0) is 0 Å². The average molecular weight is 274 g/mol. The molecule has 0 aliphatic heterocycles. The van der Waals surface area contributed by atoms with E-state index < -0.39 is 4.92 Å². The molecule has 3 nitrogen and oxygen atoms in total. The van der Waals surface area contributed by atoms with Crippen molar-refractivity contribution in [1.82, 2.24) is 0 Å². The number of aryl methyl sites for hydroxylation is 1. The van der Waals surface area contributed by atoms with Crippen LogP contribution in [0.2, 0.25) is 5.02 Å². The summed E-state index contributed by atoms with van der Waals surface area (Å²) in [7, 11) is 0. The molecule has 2 rings (SSSR count). The van der Waals surface area contributed by atoms with Crippen molar-refractivity contribution in [3.63, 3.8) is 0 Å². The van der Waals surface area contributed by atoms with Gasteiger partial charge in [-0.2, -0.15) is 0 Å². The van der Waals surface area contributed by atoms with E-state index in [1.807, 2.05) is 43.3 Å². The van der Waals surface area contributed by atoms with Gasteiger partial charge in [-0.3, -0.25) is 10.1 Å². The van der Waals surface area contributed by atoms with Crippen molar-refractivity contribution in [2.24, 2.45) is 0 Å². The van der Waals surface area contributed by atoms with Gasteiger partial charge < -0.3 is 0 Å². The summed E-state index contributed by atoms with van der Waals surface area (Å²) in [6.07, 6.45) is 3.74. The molecular formula is C15H12ClNO2. The molecule has 96 valence electrons. The van der Waals surface area contributed by atoms with Crippen LogP contribution in [0.1, 0.15) is 16.7 Å². The van der Waals surface area contributed by atoms with Crippen LogP contribution in [0.15, 0.2) is 42.5 Å². The molecule has 2 aromatic rings. The van der Waals surface area contributed by atoms with E-state index in [9.17, 15) is 10.1 Å². The van der Waals surface area contributed by atoms with E-state index in [4.69, 9.17) is 11.6 Å². The maximum absolute atomic E-state index is 10.8. The van der Waals surface area contributed by atoms with Crippen molar-refractivity contribution in [3.8, 4) is 0 Å². The third-order valence-corrected chi connectivity index (χ3v) is 3.03. The molecule has 19 heavy (non-hydrogen) atoms. The first-order chi connectivity index (χ1) is 9.06. The number of halogens is 1. The fraction of sp³-hybridized carbons (Fsp3) is 0.0667. The lowest BCUT2D eigenvalue weighted by molar-refractivity contribution is -0.384. The minimum absolute atomic E-state index is 0.0762. The number of hydrogen-bond acceptors (Lipinski definition) is 2. The standard InChI is InChI=1S/C15H12ClNO2/c1-11-2-4-12(5-3-11)6-7-13-8-9-14(16)15(10-13)17(18)19/h2-10H,1H3/b7-6+. The molecule has 0 aliphatic carbocycles. The Labute approximate surface area is 116 Å². The van der Waals surface area contributed by atoms with Crippen LogP contribution >= 0.6 is 11.6 Å². The van der Waals surface area contributed by atoms with Gasteiger partial charge in [0.2, 0.25) is 0 Å². The zero-order valence-electron chi connectivity index (χ0n) is 10.3. The van der Waals surface area contributed by atoms with Gasteiger partial charge in [0, 0.05) is 6.07 Å². The largest absolute Gasteiger partial charge is 0.288 e. The minimum atomic E-state index is -0.481. The predicted octanol–water partition coefficient (Wildman–Crippen LogP) is 4.73. The van der Waals surface area contributed by atoms with Crippen LogP contribution in [0.25, 0.3) is 12.2 Å². The van der Waals surface area contributed by atoms with Gasteiger partial charge in [0.25, 0.3) is 5.69 Å². The summed E-state index contributed by atoms with van der Waals surface area (Å²) in [6.45, 7) is 2.02. The second-order valence-corrected chi connectivity index (χ2v) is 4.62. The Morgan fingerprint density at radius 2 is 1.63 bits per heavy atom. The van der Waals surface area contributed by atoms with Gasteiger partial charge in [-0.1, -0.05) is 59.6 Å². The van der Waals surface area contributed by atoms with Gasteiger partial charge in [-0.05, 0) is 24.1 Å². The normalized spacial score (nSPS) is 10.8. The van der Waals surface area contributed by atoms with Gasteiger partial charge in [0.15, 0.2) is 0 Å². The highest BCUT2D eigenvalue weighted by Crippen LogP contribution is 2.25. The van der Waals surface area contributed by atoms with Crippen molar-refractivity contribution in [3.05, 3.63) is 74.3 Å². The van der Waals surface area contributed by atoms with Gasteiger partial charge >= 0.3 is 0 Å². The highest BCUT2D eigenvalue weighted by Gasteiger charge is 2.11. The average Bonchev–Trinajstić information content (AvgIpc) is 2.39. The van der Waals surface area contributed by atoms with E-state index in [2.05, 4.69) is 0 Å². The Morgan fingerprint density at radius 3 is 2.26 bits per heavy atom. The predicted molar refractivity (Wildman–Crippen MR) is 78.2 cm³/mol. The molecule has 0 spiro atoms. The number of nitro groups is 1. The van der Waals surface area contributed by atoms with Crippen molar-refractivity contribution in [1.29, 1.82) is 0 Å². The number of nitro benzene ring substituents is 1. The molecule has 0 aromatic heterocycles. The third kappa shape index (κ3) is 3.42. The lowest BCUT2D eigenvalue weighted by Crippen LogP contribution is -1.89. The SMILES string of the molecule is Cc1ccc(/C=C/c2ccc(Cl)c([N+](=O)[O-])c2)cc1. The molecule has 0 heterocycles. The lowest BCUT2D eigenvalue weighted by atomic mass is 10.1. The number of benzene rings is 2. The molecular weight excluding hydrogens is 262 g/mol. The summed E-state index contributed by atoms with van der Waals surface area (Å²) >= 11 is 5.76. The van der Waals surface area contributed by atoms with Crippen molar-refractivity contribution >= 4 is 29.4 Å². The van der Waals surface area contributed by atoms with E-state index in [-0.39, 0.29) is 10.7 Å². The number of nitrogens with zero attached hydrogens (tertiary/aromatic N) is 1. The Bertz CT molecular complexity index is 633. The maximum Gasteiger partial charge on any atom is 0.288 e. The summed E-state index contributed by atoms with van der Waals surface area (Å²) in [5, 5.41) is 10.9. The van der Waals surface area contributed by atoms with Crippen LogP contribution in [0.4, 0.5) is 5.69 Å². The second-order valence-electron chi connectivity index (χ2n) is 4.21. The topological polar surface area (TPSA) is 43.1 Å². The van der Waals surface area contributed by atoms with Crippen molar-refractivity contribution in [2.45, 2.75) is 6.92 Å². The van der Waals surface area contributed by atoms with Crippen molar-refractivity contribution < 1.29 is 4.92 Å². The van der Waals surface area contributed by atoms with E-state index in [1.165, 1.54) is 17.7 Å². The molecule has 0 unspecified atom stereocenters. The Morgan fingerprint density at radius 1 is 1.05 bits per heavy atom. The first-order valence-electron chi connectivity index (χ1n) is 5.75. The first kappa shape index (κ1) is 13.3. The van der Waals surface area contributed by atoms with Gasteiger partial charge in [0.1, 0.15) is 5.02 Å². The van der Waals surface area contributed by atoms with Crippen LogP contribution in [-0.4, -0.2) is 4.92 Å². The Hall–Kier alpha value is -2.13. The highest BCUT2D eigenvalue weighted by molar-refractivity contribution is 6.32. The fourth-order valence-corrected chi connectivity index (χ4v) is 1.83. The van der Waals surface area contributed by atoms with Crippen LogP contribution in [0.3, 0.4) is 0 Å². The molecule has 0 fully saturated rings. The molecule has 2 aromatic carbocycles. The van der Waals surface area contributed by atoms with Crippen LogP contribution in [0.5, 0.6) is 0 Å². The molecule has 0 atom stereocenters. The second kappa shape index (κ2) is 5.67. The van der Waals surface area contributed by atoms with Crippen LogP contribution < -0.4 is 0 Å². The summed E-state index contributed by atoms with van der Waals surface area (Å²) < 4.78 is 0. The molecule has 0 aliphatic rings. The molecule has 0 radical (unpaired) electrons. The monoisotopic (exact) mass is 273 g/mol. The van der Waals surface area contributed by atoms with Gasteiger partial charge in [-0.25, -0.2) is 0 Å². The number of hydrogen-bond donors (Lipinski definition) is 0. The summed E-state index contributed by atoms with van der Waals surface area (Å²) in [4.78, 5) is 10.3. The minimum Gasteiger partial charge on any atom is -0.258 e. The zero-order chi connectivity index (χ0) is 13.8. The fourth-order valence-electron chi connectivity index (χ4n) is 1.64. The lowest BCUT2D eigenvalue weighted by Gasteiger charge is -1.98. The third-order valence-electron chi connectivity index (χ3n) is 2.71. The van der Waals surface area contributed by atoms with Crippen LogP contribution in [0, 0.1) is 17.0 Å².